The number of hydrogen-bond acceptors (Lipinski definition) is 11. The fourth-order valence-corrected chi connectivity index (χ4v) is 7.55. The zero-order chi connectivity index (χ0) is 37.8. The standard InChI is InChI=1S/C41H45NO11S/c1-29(44)51-39-36(28-47-25-30-14-6-2-7-15-30)52-41(53-38-34(22-23-48-35(38)24-43)49-26-31-16-8-3-9-17-31)37(40(39)50-27-32-18-10-4-11-19-32)42-54(45,46)33-20-12-5-13-21-33/h2-23,34-43H,24-28H2,1H3/t34-,35?,36?,37?,38+,39-,40-,41+/m1/s1. The monoisotopic (exact) mass is 759 g/mol. The van der Waals surface area contributed by atoms with E-state index in [0.29, 0.717) is 0 Å². The molecule has 0 aromatic heterocycles. The van der Waals surface area contributed by atoms with Crippen molar-refractivity contribution in [3.63, 3.8) is 0 Å². The molecular weight excluding hydrogens is 715 g/mol. The Labute approximate surface area is 315 Å². The molecular formula is C41H45NO11S. The fourth-order valence-electron chi connectivity index (χ4n) is 6.30. The maximum Gasteiger partial charge on any atom is 0.303 e. The lowest BCUT2D eigenvalue weighted by molar-refractivity contribution is -0.308. The number of carbonyl (C=O) groups excluding carboxylic acids is 1. The maximum atomic E-state index is 14.0. The van der Waals surface area contributed by atoms with E-state index >= 15 is 0 Å². The molecule has 0 aliphatic carbocycles. The Morgan fingerprint density at radius 2 is 1.28 bits per heavy atom. The minimum atomic E-state index is -4.24. The van der Waals surface area contributed by atoms with Crippen LogP contribution in [0.4, 0.5) is 0 Å². The molecule has 286 valence electrons. The van der Waals surface area contributed by atoms with Gasteiger partial charge in [-0.15, -0.1) is 0 Å². The van der Waals surface area contributed by atoms with Crippen molar-refractivity contribution < 1.29 is 51.5 Å². The number of carbonyl (C=O) groups is 1. The molecule has 6 rings (SSSR count). The van der Waals surface area contributed by atoms with Crippen molar-refractivity contribution in [3.8, 4) is 0 Å². The normalized spacial score (nSPS) is 25.4. The Morgan fingerprint density at radius 1 is 0.722 bits per heavy atom. The predicted molar refractivity (Wildman–Crippen MR) is 197 cm³/mol. The van der Waals surface area contributed by atoms with E-state index in [1.165, 1.54) is 25.3 Å². The van der Waals surface area contributed by atoms with Gasteiger partial charge >= 0.3 is 5.97 Å². The van der Waals surface area contributed by atoms with Crippen LogP contribution in [0.3, 0.4) is 0 Å². The second-order valence-electron chi connectivity index (χ2n) is 12.9. The Kier molecular flexibility index (Phi) is 14.0. The van der Waals surface area contributed by atoms with Gasteiger partial charge in [-0.05, 0) is 34.9 Å². The van der Waals surface area contributed by atoms with Gasteiger partial charge in [-0.1, -0.05) is 109 Å². The summed E-state index contributed by atoms with van der Waals surface area (Å²) in [5.74, 6) is -0.630. The SMILES string of the molecule is CC(=O)O[C@@H]1C(COCc2ccccc2)O[C@@H](O[C@@H]2C(CO)OC=C[C@H]2OCc2ccccc2)C(NS(=O)(=O)c2ccccc2)[C@H]1OCc1ccccc1. The summed E-state index contributed by atoms with van der Waals surface area (Å²) in [5.41, 5.74) is 2.62. The van der Waals surface area contributed by atoms with Crippen molar-refractivity contribution in [2.45, 2.75) is 80.6 Å². The average Bonchev–Trinajstić information content (AvgIpc) is 3.19. The molecule has 12 nitrogen and oxygen atoms in total. The lowest BCUT2D eigenvalue weighted by atomic mass is 9.96. The van der Waals surface area contributed by atoms with Crippen LogP contribution in [-0.2, 0) is 67.8 Å². The first-order chi connectivity index (χ1) is 26.3. The van der Waals surface area contributed by atoms with Crippen molar-refractivity contribution in [3.05, 3.63) is 150 Å². The summed E-state index contributed by atoms with van der Waals surface area (Å²) in [6, 6.07) is 34.9. The van der Waals surface area contributed by atoms with Crippen LogP contribution < -0.4 is 4.72 Å². The fraction of sp³-hybridized carbons (Fsp3) is 0.341. The summed E-state index contributed by atoms with van der Waals surface area (Å²) < 4.78 is 74.6. The van der Waals surface area contributed by atoms with Gasteiger partial charge < -0.3 is 38.3 Å². The summed E-state index contributed by atoms with van der Waals surface area (Å²) >= 11 is 0. The van der Waals surface area contributed by atoms with Gasteiger partial charge in [0.1, 0.15) is 36.6 Å². The quantitative estimate of drug-likeness (QED) is 0.145. The highest BCUT2D eigenvalue weighted by Gasteiger charge is 2.52. The molecule has 0 radical (unpaired) electrons. The number of esters is 1. The highest BCUT2D eigenvalue weighted by atomic mass is 32.2. The van der Waals surface area contributed by atoms with Crippen molar-refractivity contribution in [2.75, 3.05) is 13.2 Å². The van der Waals surface area contributed by atoms with Crippen LogP contribution in [0.25, 0.3) is 0 Å². The van der Waals surface area contributed by atoms with E-state index in [4.69, 9.17) is 33.2 Å². The Hall–Kier alpha value is -4.44. The first kappa shape index (κ1) is 39.3. The average molecular weight is 760 g/mol. The van der Waals surface area contributed by atoms with Crippen LogP contribution in [0.15, 0.2) is 139 Å². The Bertz CT molecular complexity index is 1870. The minimum Gasteiger partial charge on any atom is -0.493 e. The summed E-state index contributed by atoms with van der Waals surface area (Å²) in [6.07, 6.45) is -4.21. The molecule has 1 saturated heterocycles. The number of rotatable bonds is 17. The van der Waals surface area contributed by atoms with Gasteiger partial charge in [-0.2, -0.15) is 0 Å². The Morgan fingerprint density at radius 3 is 1.85 bits per heavy atom. The van der Waals surface area contributed by atoms with Crippen LogP contribution in [0, 0.1) is 0 Å². The molecule has 8 atom stereocenters. The summed E-state index contributed by atoms with van der Waals surface area (Å²) in [6.45, 7) is 1.22. The first-order valence-electron chi connectivity index (χ1n) is 17.7. The molecule has 0 spiro atoms. The smallest absolute Gasteiger partial charge is 0.303 e. The number of sulfonamides is 1. The van der Waals surface area contributed by atoms with Gasteiger partial charge in [0.05, 0.1) is 44.2 Å². The number of aliphatic hydroxyl groups excluding tert-OH is 1. The van der Waals surface area contributed by atoms with Gasteiger partial charge in [0, 0.05) is 6.92 Å². The van der Waals surface area contributed by atoms with Crippen LogP contribution in [0.2, 0.25) is 0 Å². The molecule has 2 heterocycles. The van der Waals surface area contributed by atoms with E-state index in [9.17, 15) is 18.3 Å². The molecule has 54 heavy (non-hydrogen) atoms. The molecule has 2 aliphatic heterocycles. The second-order valence-corrected chi connectivity index (χ2v) is 14.6. The van der Waals surface area contributed by atoms with Gasteiger partial charge in [0.15, 0.2) is 12.4 Å². The van der Waals surface area contributed by atoms with Crippen molar-refractivity contribution >= 4 is 16.0 Å². The lowest BCUT2D eigenvalue weighted by Gasteiger charge is -2.47. The predicted octanol–water partition coefficient (Wildman–Crippen LogP) is 4.67. The van der Waals surface area contributed by atoms with Crippen molar-refractivity contribution in [1.29, 1.82) is 0 Å². The molecule has 13 heteroatoms. The molecule has 2 N–H and O–H groups in total. The largest absolute Gasteiger partial charge is 0.493 e. The topological polar surface area (TPSA) is 148 Å². The third kappa shape index (κ3) is 10.6. The van der Waals surface area contributed by atoms with Gasteiger partial charge in [-0.25, -0.2) is 13.1 Å². The van der Waals surface area contributed by atoms with Crippen molar-refractivity contribution in [1.82, 2.24) is 4.72 Å². The summed E-state index contributed by atoms with van der Waals surface area (Å²) in [5, 5.41) is 10.4. The number of hydrogen-bond donors (Lipinski definition) is 2. The van der Waals surface area contributed by atoms with E-state index in [1.54, 1.807) is 24.3 Å². The number of nitrogens with one attached hydrogen (secondary N) is 1. The first-order valence-corrected chi connectivity index (χ1v) is 19.2. The van der Waals surface area contributed by atoms with Gasteiger partial charge in [0.2, 0.25) is 10.0 Å². The van der Waals surface area contributed by atoms with E-state index < -0.39 is 71.6 Å². The summed E-state index contributed by atoms with van der Waals surface area (Å²) in [4.78, 5) is 12.7. The number of ether oxygens (including phenoxy) is 7. The van der Waals surface area contributed by atoms with Gasteiger partial charge in [0.25, 0.3) is 0 Å². The zero-order valence-corrected chi connectivity index (χ0v) is 30.6. The minimum absolute atomic E-state index is 0.0100. The highest BCUT2D eigenvalue weighted by molar-refractivity contribution is 7.89. The van der Waals surface area contributed by atoms with Crippen molar-refractivity contribution in [2.24, 2.45) is 0 Å². The maximum absolute atomic E-state index is 14.0. The van der Waals surface area contributed by atoms with E-state index in [2.05, 4.69) is 4.72 Å². The number of aliphatic hydroxyl groups is 1. The molecule has 4 aromatic rings. The van der Waals surface area contributed by atoms with Crippen LogP contribution in [-0.4, -0.2) is 81.7 Å². The van der Waals surface area contributed by atoms with E-state index in [-0.39, 0.29) is 31.3 Å². The van der Waals surface area contributed by atoms with Crippen LogP contribution in [0.1, 0.15) is 23.6 Å². The number of benzene rings is 4. The van der Waals surface area contributed by atoms with Gasteiger partial charge in [-0.3, -0.25) is 4.79 Å². The highest BCUT2D eigenvalue weighted by Crippen LogP contribution is 2.32. The zero-order valence-electron chi connectivity index (χ0n) is 29.8. The molecule has 0 amide bonds. The molecule has 0 bridgehead atoms. The van der Waals surface area contributed by atoms with E-state index in [0.717, 1.165) is 16.7 Å². The lowest BCUT2D eigenvalue weighted by Crippen LogP contribution is -2.67. The second kappa shape index (κ2) is 19.2. The molecule has 2 aliphatic rings. The van der Waals surface area contributed by atoms with Crippen LogP contribution >= 0.6 is 0 Å². The Balaban J connectivity index is 1.36. The molecule has 4 aromatic carbocycles. The third-order valence-corrected chi connectivity index (χ3v) is 10.4. The molecule has 1 fully saturated rings. The molecule has 3 unspecified atom stereocenters. The molecule has 0 saturated carbocycles. The van der Waals surface area contributed by atoms with Crippen LogP contribution in [0.5, 0.6) is 0 Å². The third-order valence-electron chi connectivity index (χ3n) is 8.94. The van der Waals surface area contributed by atoms with E-state index in [1.807, 2.05) is 91.0 Å². The summed E-state index contributed by atoms with van der Waals surface area (Å²) in [7, 11) is -4.24.